The number of aryl methyl sites for hydroxylation is 1. The zero-order valence-electron chi connectivity index (χ0n) is 14.6. The number of thiocarbonyl (C=S) groups is 1. The lowest BCUT2D eigenvalue weighted by molar-refractivity contribution is -0.858. The fourth-order valence-corrected chi connectivity index (χ4v) is 2.46. The van der Waals surface area contributed by atoms with Crippen molar-refractivity contribution in [3.05, 3.63) is 54.1 Å². The van der Waals surface area contributed by atoms with Gasteiger partial charge in [-0.25, -0.2) is 0 Å². The van der Waals surface area contributed by atoms with Crippen molar-refractivity contribution in [2.75, 3.05) is 32.5 Å². The van der Waals surface area contributed by atoms with Crippen LogP contribution in [0.1, 0.15) is 12.0 Å². The first-order valence-corrected chi connectivity index (χ1v) is 8.62. The van der Waals surface area contributed by atoms with Crippen molar-refractivity contribution >= 4 is 23.0 Å². The van der Waals surface area contributed by atoms with Crippen LogP contribution in [0.2, 0.25) is 0 Å². The lowest BCUT2D eigenvalue weighted by Gasteiger charge is -2.12. The highest BCUT2D eigenvalue weighted by Crippen LogP contribution is 2.23. The van der Waals surface area contributed by atoms with Gasteiger partial charge in [-0.05, 0) is 61.1 Å². The van der Waals surface area contributed by atoms with Crippen LogP contribution in [0, 0.1) is 6.92 Å². The van der Waals surface area contributed by atoms with E-state index >= 15 is 0 Å². The molecule has 128 valence electrons. The Labute approximate surface area is 149 Å². The van der Waals surface area contributed by atoms with Gasteiger partial charge in [-0.1, -0.05) is 12.1 Å². The zero-order valence-corrected chi connectivity index (χ0v) is 15.4. The topological polar surface area (TPSA) is 37.7 Å². The molecule has 0 atom stereocenters. The van der Waals surface area contributed by atoms with E-state index < -0.39 is 0 Å². The largest absolute Gasteiger partial charge is 0.457 e. The fraction of sp³-hybridized carbons (Fsp3) is 0.316. The van der Waals surface area contributed by atoms with E-state index in [0.717, 1.165) is 36.7 Å². The summed E-state index contributed by atoms with van der Waals surface area (Å²) in [6.07, 6.45) is 1.09. The number of ether oxygens (including phenoxy) is 1. The van der Waals surface area contributed by atoms with E-state index in [1.807, 2.05) is 55.5 Å². The Morgan fingerprint density at radius 2 is 1.83 bits per heavy atom. The predicted octanol–water partition coefficient (Wildman–Crippen LogP) is 2.61. The van der Waals surface area contributed by atoms with Gasteiger partial charge < -0.3 is 20.3 Å². The summed E-state index contributed by atoms with van der Waals surface area (Å²) >= 11 is 5.31. The van der Waals surface area contributed by atoms with E-state index in [2.05, 4.69) is 24.7 Å². The van der Waals surface area contributed by atoms with E-state index in [4.69, 9.17) is 17.0 Å². The Morgan fingerprint density at radius 1 is 1.08 bits per heavy atom. The molecule has 0 aliphatic heterocycles. The van der Waals surface area contributed by atoms with E-state index in [9.17, 15) is 0 Å². The number of nitrogens with one attached hydrogen (secondary N) is 3. The lowest BCUT2D eigenvalue weighted by Crippen LogP contribution is -3.05. The van der Waals surface area contributed by atoms with E-state index in [0.29, 0.717) is 5.11 Å². The SMILES string of the molecule is Cc1cccc(Oc2ccc(NC(=S)NCCC[NH+](C)C)cc2)c1. The summed E-state index contributed by atoms with van der Waals surface area (Å²) in [5.41, 5.74) is 2.13. The minimum absolute atomic E-state index is 0.649. The third-order valence-electron chi connectivity index (χ3n) is 3.48. The normalized spacial score (nSPS) is 10.5. The Hall–Kier alpha value is -2.11. The highest BCUT2D eigenvalue weighted by Gasteiger charge is 2.01. The molecule has 0 radical (unpaired) electrons. The van der Waals surface area contributed by atoms with Crippen LogP contribution < -0.4 is 20.3 Å². The summed E-state index contributed by atoms with van der Waals surface area (Å²) in [4.78, 5) is 1.44. The monoisotopic (exact) mass is 344 g/mol. The summed E-state index contributed by atoms with van der Waals surface area (Å²) in [6, 6.07) is 15.8. The zero-order chi connectivity index (χ0) is 17.4. The number of benzene rings is 2. The first kappa shape index (κ1) is 18.2. The van der Waals surface area contributed by atoms with Crippen molar-refractivity contribution in [2.24, 2.45) is 0 Å². The minimum Gasteiger partial charge on any atom is -0.457 e. The Balaban J connectivity index is 1.80. The molecule has 0 amide bonds. The van der Waals surface area contributed by atoms with Gasteiger partial charge in [-0.3, -0.25) is 0 Å². The summed E-state index contributed by atoms with van der Waals surface area (Å²) in [7, 11) is 4.30. The average molecular weight is 345 g/mol. The van der Waals surface area contributed by atoms with E-state index in [1.165, 1.54) is 10.5 Å². The van der Waals surface area contributed by atoms with Crippen LogP contribution in [0.25, 0.3) is 0 Å². The van der Waals surface area contributed by atoms with Gasteiger partial charge >= 0.3 is 0 Å². The van der Waals surface area contributed by atoms with Crippen LogP contribution in [0.15, 0.2) is 48.5 Å². The second-order valence-corrected chi connectivity index (χ2v) is 6.54. The van der Waals surface area contributed by atoms with Crippen molar-refractivity contribution < 1.29 is 9.64 Å². The van der Waals surface area contributed by atoms with Crippen LogP contribution in [0.5, 0.6) is 11.5 Å². The highest BCUT2D eigenvalue weighted by molar-refractivity contribution is 7.80. The number of anilines is 1. The number of rotatable bonds is 7. The second-order valence-electron chi connectivity index (χ2n) is 6.13. The quantitative estimate of drug-likeness (QED) is 0.533. The molecule has 0 spiro atoms. The van der Waals surface area contributed by atoms with Crippen LogP contribution in [-0.4, -0.2) is 32.3 Å². The van der Waals surface area contributed by atoms with Gasteiger partial charge in [0.15, 0.2) is 5.11 Å². The lowest BCUT2D eigenvalue weighted by atomic mass is 10.2. The smallest absolute Gasteiger partial charge is 0.170 e. The molecular formula is C19H26N3OS+. The van der Waals surface area contributed by atoms with E-state index in [-0.39, 0.29) is 0 Å². The van der Waals surface area contributed by atoms with Crippen molar-refractivity contribution in [3.63, 3.8) is 0 Å². The molecule has 0 saturated heterocycles. The van der Waals surface area contributed by atoms with Crippen molar-refractivity contribution in [1.82, 2.24) is 5.32 Å². The first-order valence-electron chi connectivity index (χ1n) is 8.21. The molecule has 0 fully saturated rings. The van der Waals surface area contributed by atoms with Crippen LogP contribution in [0.4, 0.5) is 5.69 Å². The average Bonchev–Trinajstić information content (AvgIpc) is 2.53. The fourth-order valence-electron chi connectivity index (χ4n) is 2.24. The molecule has 0 aliphatic carbocycles. The molecule has 3 N–H and O–H groups in total. The summed E-state index contributed by atoms with van der Waals surface area (Å²) in [5, 5.41) is 7.06. The minimum atomic E-state index is 0.649. The van der Waals surface area contributed by atoms with E-state index in [1.54, 1.807) is 0 Å². The molecule has 0 heterocycles. The molecule has 2 aromatic carbocycles. The molecule has 4 nitrogen and oxygen atoms in total. The highest BCUT2D eigenvalue weighted by atomic mass is 32.1. The number of quaternary nitrogens is 1. The maximum Gasteiger partial charge on any atom is 0.170 e. The number of hydrogen-bond acceptors (Lipinski definition) is 2. The Kier molecular flexibility index (Phi) is 7.03. The van der Waals surface area contributed by atoms with Crippen molar-refractivity contribution in [3.8, 4) is 11.5 Å². The summed E-state index contributed by atoms with van der Waals surface area (Å²) in [6.45, 7) is 4.06. The molecule has 0 aliphatic rings. The molecule has 24 heavy (non-hydrogen) atoms. The summed E-state index contributed by atoms with van der Waals surface area (Å²) < 4.78 is 5.84. The Bertz CT molecular complexity index is 656. The molecule has 0 saturated carbocycles. The van der Waals surface area contributed by atoms with Gasteiger partial charge in [-0.15, -0.1) is 0 Å². The molecule has 0 unspecified atom stereocenters. The summed E-state index contributed by atoms with van der Waals surface area (Å²) in [5.74, 6) is 1.65. The third-order valence-corrected chi connectivity index (χ3v) is 3.72. The van der Waals surface area contributed by atoms with Crippen LogP contribution >= 0.6 is 12.2 Å². The molecule has 5 heteroatoms. The maximum absolute atomic E-state index is 5.84. The molecule has 2 aromatic rings. The van der Waals surface area contributed by atoms with Gasteiger partial charge in [0.05, 0.1) is 20.6 Å². The standard InChI is InChI=1S/C19H25N3OS/c1-15-6-4-7-18(14-15)23-17-10-8-16(9-11-17)21-19(24)20-12-5-13-22(2)3/h4,6-11,14H,5,12-13H2,1-3H3,(H2,20,21,24)/p+1. The van der Waals surface area contributed by atoms with Gasteiger partial charge in [0, 0.05) is 18.7 Å². The molecule has 0 bridgehead atoms. The van der Waals surface area contributed by atoms with Gasteiger partial charge in [-0.2, -0.15) is 0 Å². The third kappa shape index (κ3) is 6.56. The van der Waals surface area contributed by atoms with Crippen molar-refractivity contribution in [1.29, 1.82) is 0 Å². The van der Waals surface area contributed by atoms with Gasteiger partial charge in [0.25, 0.3) is 0 Å². The maximum atomic E-state index is 5.84. The number of hydrogen-bond donors (Lipinski definition) is 3. The second kappa shape index (κ2) is 9.25. The van der Waals surface area contributed by atoms with Crippen LogP contribution in [0.3, 0.4) is 0 Å². The molecule has 0 aromatic heterocycles. The molecule has 2 rings (SSSR count). The van der Waals surface area contributed by atoms with Gasteiger partial charge in [0.1, 0.15) is 11.5 Å². The molecular weight excluding hydrogens is 318 g/mol. The van der Waals surface area contributed by atoms with Gasteiger partial charge in [0.2, 0.25) is 0 Å². The van der Waals surface area contributed by atoms with Crippen molar-refractivity contribution in [2.45, 2.75) is 13.3 Å². The Morgan fingerprint density at radius 3 is 2.50 bits per heavy atom. The van der Waals surface area contributed by atoms with Crippen LogP contribution in [-0.2, 0) is 0 Å². The first-order chi connectivity index (χ1) is 11.5. The predicted molar refractivity (Wildman–Crippen MR) is 104 cm³/mol.